The molecule has 1 heterocycles. The molecule has 0 bridgehead atoms. The highest BCUT2D eigenvalue weighted by atomic mass is 16.5. The summed E-state index contributed by atoms with van der Waals surface area (Å²) in [6, 6.07) is 0. The van der Waals surface area contributed by atoms with Crippen LogP contribution in [0.15, 0.2) is 0 Å². The van der Waals surface area contributed by atoms with Crippen LogP contribution in [-0.2, 0) is 9.53 Å². The Morgan fingerprint density at radius 1 is 1.14 bits per heavy atom. The van der Waals surface area contributed by atoms with Gasteiger partial charge in [-0.2, -0.15) is 0 Å². The molecule has 1 saturated heterocycles. The Morgan fingerprint density at radius 3 is 1.86 bits per heavy atom. The van der Waals surface area contributed by atoms with Gasteiger partial charge >= 0.3 is 0 Å². The molecule has 0 N–H and O–H groups in total. The third-order valence-electron chi connectivity index (χ3n) is 2.61. The Hall–Kier alpha value is -0.610. The second-order valence-corrected chi connectivity index (χ2v) is 5.72. The maximum absolute atomic E-state index is 9.66. The molecule has 0 spiro atoms. The molecule has 0 aromatic heterocycles. The van der Waals surface area contributed by atoms with Gasteiger partial charge in [0, 0.05) is 26.7 Å². The molecule has 1 fully saturated rings. The number of hydrogen-bond acceptors (Lipinski definition) is 3. The Bertz CT molecular complexity index is 191. The van der Waals surface area contributed by atoms with Crippen molar-refractivity contribution in [2.24, 2.45) is 5.92 Å². The lowest BCUT2D eigenvalue weighted by Crippen LogP contribution is -2.36. The van der Waals surface area contributed by atoms with Crippen LogP contribution in [0.1, 0.15) is 61.3 Å². The number of hydrogen-bond donors (Lipinski definition) is 0. The second kappa shape index (κ2) is 22.7. The van der Waals surface area contributed by atoms with Crippen molar-refractivity contribution in [1.82, 2.24) is 9.80 Å². The number of ether oxygens (including phenoxy) is 1. The molecular weight excluding hydrogens is 276 g/mol. The number of carbonyl (C=O) groups is 1. The molecule has 4 nitrogen and oxygen atoms in total. The second-order valence-electron chi connectivity index (χ2n) is 5.72. The van der Waals surface area contributed by atoms with Gasteiger partial charge in [0.1, 0.15) is 0 Å². The first-order valence-electron chi connectivity index (χ1n) is 8.93. The Labute approximate surface area is 140 Å². The average molecular weight is 319 g/mol. The summed E-state index contributed by atoms with van der Waals surface area (Å²) in [5.41, 5.74) is 0. The lowest BCUT2D eigenvalue weighted by atomic mass is 10.3. The molecule has 22 heavy (non-hydrogen) atoms. The number of carbonyl (C=O) groups excluding carboxylic acids is 1. The Morgan fingerprint density at radius 2 is 1.59 bits per heavy atom. The zero-order valence-electron chi connectivity index (χ0n) is 16.5. The highest BCUT2D eigenvalue weighted by Gasteiger charge is 2.07. The fourth-order valence-electron chi connectivity index (χ4n) is 1.28. The lowest BCUT2D eigenvalue weighted by molar-refractivity contribution is -0.116. The maximum Gasteiger partial charge on any atom is 0.209 e. The van der Waals surface area contributed by atoms with Crippen molar-refractivity contribution in [2.75, 3.05) is 46.4 Å². The van der Waals surface area contributed by atoms with E-state index in [2.05, 4.69) is 32.6 Å². The number of morpholine rings is 1. The van der Waals surface area contributed by atoms with Crippen molar-refractivity contribution >= 4 is 6.41 Å². The van der Waals surface area contributed by atoms with Gasteiger partial charge in [0.25, 0.3) is 0 Å². The fraction of sp³-hybridized carbons (Fsp3) is 0.944. The minimum atomic E-state index is 0.795. The van der Waals surface area contributed by atoms with E-state index in [1.54, 1.807) is 11.9 Å². The van der Waals surface area contributed by atoms with Crippen LogP contribution in [-0.4, -0.2) is 62.7 Å². The van der Waals surface area contributed by atoms with E-state index in [0.29, 0.717) is 0 Å². The van der Waals surface area contributed by atoms with Crippen LogP contribution >= 0.6 is 0 Å². The molecule has 1 rings (SSSR count). The molecule has 0 unspecified atom stereocenters. The third kappa shape index (κ3) is 27.7. The van der Waals surface area contributed by atoms with E-state index >= 15 is 0 Å². The lowest BCUT2D eigenvalue weighted by Gasteiger charge is -2.26. The van der Waals surface area contributed by atoms with E-state index < -0.39 is 0 Å². The normalized spacial score (nSPS) is 13.7. The van der Waals surface area contributed by atoms with E-state index in [1.165, 1.54) is 19.4 Å². The first-order valence-corrected chi connectivity index (χ1v) is 8.93. The van der Waals surface area contributed by atoms with Crippen molar-refractivity contribution < 1.29 is 9.53 Å². The number of nitrogens with zero attached hydrogens (tertiary/aromatic N) is 2. The number of amides is 1. The van der Waals surface area contributed by atoms with Gasteiger partial charge in [0.2, 0.25) is 6.41 Å². The summed E-state index contributed by atoms with van der Waals surface area (Å²) >= 11 is 0. The largest absolute Gasteiger partial charge is 0.379 e. The van der Waals surface area contributed by atoms with E-state index in [4.69, 9.17) is 4.74 Å². The van der Waals surface area contributed by atoms with Gasteiger partial charge in [-0.05, 0) is 25.8 Å². The highest BCUT2D eigenvalue weighted by Crippen LogP contribution is 1.98. The number of unbranched alkanes of at least 4 members (excludes halogenated alkanes) is 1. The monoisotopic (exact) mass is 318 g/mol. The molecular formula is C18H42N2O2. The summed E-state index contributed by atoms with van der Waals surface area (Å²) in [5, 5.41) is 0. The summed E-state index contributed by atoms with van der Waals surface area (Å²) in [6.45, 7) is 20.9. The van der Waals surface area contributed by atoms with Crippen LogP contribution in [0.3, 0.4) is 0 Å². The molecule has 136 valence electrons. The summed E-state index contributed by atoms with van der Waals surface area (Å²) in [7, 11) is 1.74. The minimum absolute atomic E-state index is 0.795. The van der Waals surface area contributed by atoms with Gasteiger partial charge in [-0.15, -0.1) is 0 Å². The molecule has 4 heteroatoms. The van der Waals surface area contributed by atoms with Crippen molar-refractivity contribution in [3.8, 4) is 0 Å². The van der Waals surface area contributed by atoms with E-state index in [-0.39, 0.29) is 0 Å². The van der Waals surface area contributed by atoms with E-state index in [9.17, 15) is 4.79 Å². The van der Waals surface area contributed by atoms with Crippen molar-refractivity contribution in [2.45, 2.75) is 61.3 Å². The average Bonchev–Trinajstić information content (AvgIpc) is 2.55. The summed E-state index contributed by atoms with van der Waals surface area (Å²) < 4.78 is 5.24. The smallest absolute Gasteiger partial charge is 0.209 e. The van der Waals surface area contributed by atoms with Crippen LogP contribution < -0.4 is 0 Å². The molecule has 0 aliphatic carbocycles. The van der Waals surface area contributed by atoms with Crippen molar-refractivity contribution in [3.63, 3.8) is 0 Å². The van der Waals surface area contributed by atoms with E-state index in [1.807, 2.05) is 20.8 Å². The zero-order valence-corrected chi connectivity index (χ0v) is 16.5. The predicted octanol–water partition coefficient (Wildman–Crippen LogP) is 3.90. The number of rotatable bonds is 5. The molecule has 1 aliphatic rings. The molecule has 0 radical (unpaired) electrons. The molecule has 1 aliphatic heterocycles. The quantitative estimate of drug-likeness (QED) is 0.721. The highest BCUT2D eigenvalue weighted by molar-refractivity contribution is 5.45. The van der Waals surface area contributed by atoms with Gasteiger partial charge in [0.05, 0.1) is 13.2 Å². The van der Waals surface area contributed by atoms with Crippen molar-refractivity contribution in [1.29, 1.82) is 0 Å². The van der Waals surface area contributed by atoms with Gasteiger partial charge < -0.3 is 9.64 Å². The first-order chi connectivity index (χ1) is 10.5. The van der Waals surface area contributed by atoms with Gasteiger partial charge in [0.15, 0.2) is 0 Å². The first kappa shape index (κ1) is 26.3. The molecule has 0 aromatic carbocycles. The van der Waals surface area contributed by atoms with Crippen molar-refractivity contribution in [3.05, 3.63) is 0 Å². The molecule has 0 saturated carbocycles. The standard InChI is InChI=1S/C8H17NO.C4H9NO.C4H10.C2H6/c1-2-3-4-9-5-7-10-8-6-9;1-3-5(2)4-6;1-4(2)3;1-2/h2-8H2,1H3;4H,3H2,1-2H3;4H,1-3H3;1-2H3. The maximum atomic E-state index is 9.66. The summed E-state index contributed by atoms with van der Waals surface area (Å²) in [5.74, 6) is 0.833. The van der Waals surface area contributed by atoms with Gasteiger partial charge in [-0.25, -0.2) is 0 Å². The van der Waals surface area contributed by atoms with Crippen LogP contribution in [0.25, 0.3) is 0 Å². The molecule has 1 amide bonds. The van der Waals surface area contributed by atoms with Gasteiger partial charge in [-0.1, -0.05) is 48.0 Å². The van der Waals surface area contributed by atoms with Crippen LogP contribution in [0, 0.1) is 5.92 Å². The zero-order chi connectivity index (χ0) is 17.8. The van der Waals surface area contributed by atoms with Crippen LogP contribution in [0.4, 0.5) is 0 Å². The van der Waals surface area contributed by atoms with Crippen LogP contribution in [0.2, 0.25) is 0 Å². The SMILES string of the molecule is CC.CC(C)C.CCCCN1CCOCC1.CCN(C)C=O. The predicted molar refractivity (Wildman–Crippen MR) is 98.4 cm³/mol. The summed E-state index contributed by atoms with van der Waals surface area (Å²) in [6.07, 6.45) is 3.44. The summed E-state index contributed by atoms with van der Waals surface area (Å²) in [4.78, 5) is 13.7. The Kier molecular flexibility index (Phi) is 27.1. The Balaban J connectivity index is -0.000000259. The molecule has 0 atom stereocenters. The minimum Gasteiger partial charge on any atom is -0.379 e. The van der Waals surface area contributed by atoms with Gasteiger partial charge in [-0.3, -0.25) is 9.69 Å². The fourth-order valence-corrected chi connectivity index (χ4v) is 1.28. The topological polar surface area (TPSA) is 32.8 Å². The third-order valence-corrected chi connectivity index (χ3v) is 2.61. The molecule has 0 aromatic rings. The van der Waals surface area contributed by atoms with E-state index in [0.717, 1.165) is 45.2 Å². The van der Waals surface area contributed by atoms with Crippen LogP contribution in [0.5, 0.6) is 0 Å².